The van der Waals surface area contributed by atoms with Crippen molar-refractivity contribution in [2.75, 3.05) is 0 Å². The van der Waals surface area contributed by atoms with Crippen LogP contribution in [0, 0.1) is 27.7 Å². The van der Waals surface area contributed by atoms with Gasteiger partial charge in [0.25, 0.3) is 20.2 Å². The van der Waals surface area contributed by atoms with E-state index in [9.17, 15) is 36.0 Å². The van der Waals surface area contributed by atoms with E-state index in [0.29, 0.717) is 24.2 Å². The predicted octanol–water partition coefficient (Wildman–Crippen LogP) is 16.9. The van der Waals surface area contributed by atoms with Gasteiger partial charge in [-0.15, -0.1) is 0 Å². The highest BCUT2D eigenvalue weighted by molar-refractivity contribution is 7.86. The molecule has 0 spiro atoms. The fourth-order valence-electron chi connectivity index (χ4n) is 8.97. The lowest BCUT2D eigenvalue weighted by atomic mass is 10.0. The Balaban J connectivity index is 0.000000301. The van der Waals surface area contributed by atoms with E-state index in [-0.39, 0.29) is 44.1 Å². The largest absolute Gasteiger partial charge is 0.478 e. The van der Waals surface area contributed by atoms with E-state index in [1.54, 1.807) is 36.4 Å². The summed E-state index contributed by atoms with van der Waals surface area (Å²) >= 11 is 0. The van der Waals surface area contributed by atoms with Gasteiger partial charge < -0.3 is 42.5 Å². The third-order valence-corrected chi connectivity index (χ3v) is 16.6. The van der Waals surface area contributed by atoms with Crippen LogP contribution in [0.4, 0.5) is 0 Å². The number of hydrogen-bond acceptors (Lipinski definition) is 12. The van der Waals surface area contributed by atoms with Crippen LogP contribution in [0.25, 0.3) is 0 Å². The first kappa shape index (κ1) is 84.0. The van der Waals surface area contributed by atoms with Crippen molar-refractivity contribution in [1.29, 1.82) is 0 Å². The van der Waals surface area contributed by atoms with Crippen molar-refractivity contribution in [2.45, 2.75) is 115 Å². The topological polar surface area (TPSA) is 334 Å². The van der Waals surface area contributed by atoms with Crippen LogP contribution in [0.1, 0.15) is 175 Å². The van der Waals surface area contributed by atoms with Crippen LogP contribution in [-0.4, -0.2) is 70.2 Å². The molecule has 0 saturated carbocycles. The number of rotatable bonds is 16. The number of nitrogens with one attached hydrogen (secondary N) is 2. The van der Waals surface area contributed by atoms with Crippen LogP contribution in [0.15, 0.2) is 277 Å². The normalized spacial score (nSPS) is 12.2. The van der Waals surface area contributed by atoms with Gasteiger partial charge in [0.15, 0.2) is 0 Å². The Labute approximate surface area is 588 Å². The Morgan fingerprint density at radius 3 is 0.620 bits per heavy atom. The van der Waals surface area contributed by atoms with Gasteiger partial charge >= 0.3 is 23.9 Å². The predicted molar refractivity (Wildman–Crippen MR) is 396 cm³/mol. The number of carboxylic acids is 4. The van der Waals surface area contributed by atoms with Gasteiger partial charge in [-0.25, -0.2) is 19.2 Å². The summed E-state index contributed by atoms with van der Waals surface area (Å²) in [7, 11) is -8.01. The second kappa shape index (κ2) is 43.2. The minimum absolute atomic E-state index is 0.0741. The number of nitrogens with two attached hydrogens (primary N) is 2. The van der Waals surface area contributed by atoms with Gasteiger partial charge in [-0.3, -0.25) is 9.11 Å². The second-order valence-corrected chi connectivity index (χ2v) is 26.0. The maximum absolute atomic E-state index is 10.5. The minimum atomic E-state index is -4.00. The highest BCUT2D eigenvalue weighted by Crippen LogP contribution is 2.22. The molecule has 10 rings (SSSR count). The molecule has 0 aliphatic rings. The molecule has 6 atom stereocenters. The number of benzene rings is 10. The van der Waals surface area contributed by atoms with E-state index in [2.05, 4.69) is 224 Å². The minimum Gasteiger partial charge on any atom is -0.478 e. The molecule has 0 amide bonds. The summed E-state index contributed by atoms with van der Waals surface area (Å²) in [4.78, 5) is 41.7. The van der Waals surface area contributed by atoms with Gasteiger partial charge in [-0.1, -0.05) is 241 Å². The van der Waals surface area contributed by atoms with E-state index in [0.717, 1.165) is 0 Å². The maximum atomic E-state index is 10.5. The molecule has 10 aromatic carbocycles. The van der Waals surface area contributed by atoms with Crippen molar-refractivity contribution in [3.8, 4) is 0 Å². The average Bonchev–Trinajstić information content (AvgIpc) is 0.939. The number of aryl methyl sites for hydroxylation is 4. The number of hydrogen-bond donors (Lipinski definition) is 10. The van der Waals surface area contributed by atoms with Gasteiger partial charge in [0.2, 0.25) is 0 Å². The summed E-state index contributed by atoms with van der Waals surface area (Å²) in [5.41, 5.74) is 23.5. The van der Waals surface area contributed by atoms with Crippen molar-refractivity contribution < 1.29 is 65.5 Å². The van der Waals surface area contributed by atoms with Crippen LogP contribution >= 0.6 is 0 Å². The molecule has 0 aromatic heterocycles. The smallest absolute Gasteiger partial charge is 0.336 e. The Hall–Kier alpha value is -10.3. The lowest BCUT2D eigenvalue weighted by Crippen LogP contribution is -2.22. The molecular formula is C80H92N4O14S2. The third kappa shape index (κ3) is 32.0. The first-order chi connectivity index (χ1) is 47.2. The van der Waals surface area contributed by atoms with Crippen molar-refractivity contribution >= 4 is 44.1 Å². The van der Waals surface area contributed by atoms with E-state index in [1.165, 1.54) is 128 Å². The number of carbonyl (C=O) groups is 4. The fourth-order valence-corrected chi connectivity index (χ4v) is 9.97. The summed E-state index contributed by atoms with van der Waals surface area (Å²) in [6.07, 6.45) is 0. The summed E-state index contributed by atoms with van der Waals surface area (Å²) in [5.74, 6) is -4.91. The number of aromatic carboxylic acids is 4. The van der Waals surface area contributed by atoms with Gasteiger partial charge in [0.05, 0.1) is 32.0 Å². The van der Waals surface area contributed by atoms with Gasteiger partial charge in [-0.05, 0) is 151 Å². The van der Waals surface area contributed by atoms with Crippen LogP contribution in [0.5, 0.6) is 0 Å². The zero-order valence-corrected chi connectivity index (χ0v) is 59.4. The quantitative estimate of drug-likeness (QED) is 0.0402. The molecular weight excluding hydrogens is 1310 g/mol. The van der Waals surface area contributed by atoms with Crippen molar-refractivity contribution in [3.63, 3.8) is 0 Å². The highest BCUT2D eigenvalue weighted by atomic mass is 32.2. The summed E-state index contributed by atoms with van der Waals surface area (Å²) in [6, 6.07) is 82.7. The molecule has 528 valence electrons. The summed E-state index contributed by atoms with van der Waals surface area (Å²) in [5, 5.41) is 41.5. The van der Waals surface area contributed by atoms with Crippen LogP contribution in [0.3, 0.4) is 0 Å². The lowest BCUT2D eigenvalue weighted by molar-refractivity contribution is 0.0651. The van der Waals surface area contributed by atoms with E-state index in [1.807, 2.05) is 13.8 Å². The molecule has 0 heterocycles. The molecule has 0 fully saturated rings. The van der Waals surface area contributed by atoms with E-state index >= 15 is 0 Å². The first-order valence-corrected chi connectivity index (χ1v) is 34.6. The Kier molecular flexibility index (Phi) is 36.3. The molecule has 0 saturated heterocycles. The molecule has 0 aliphatic carbocycles. The number of carboxylic acid groups (broad SMARTS) is 4. The van der Waals surface area contributed by atoms with Crippen molar-refractivity contribution in [1.82, 2.24) is 10.6 Å². The standard InChI is InChI=1S/2C17H21N.2C9H13N.2C8H6O4.2C6H6O3S/c2*1-13-9-11-17(12-10-13)15(3)18-14(2)16-7-5-4-6-8-16;2*1-7-3-5-9(6-4-7)8(2)10;2*9-7(10)5-3-1-2-4-6(5)8(11)12;2*7-10(8,9)6-4-2-1-3-5-6/h2*4-12,14-15,18H,1-3H3;2*3-6,8H,10H2,1-2H3;2*1-4H,(H,9,10)(H,11,12);2*1-5H,(H,7,8,9)/t2*14-,15?;;;;;;/m11....../s1. The molecule has 4 unspecified atom stereocenters. The van der Waals surface area contributed by atoms with E-state index in [4.69, 9.17) is 41.0 Å². The Morgan fingerprint density at radius 2 is 0.450 bits per heavy atom. The second-order valence-electron chi connectivity index (χ2n) is 23.1. The maximum Gasteiger partial charge on any atom is 0.336 e. The SMILES string of the molecule is Cc1ccc(C(C)N)cc1.Cc1ccc(C(C)N)cc1.Cc1ccc(C(C)N[C@H](C)c2ccccc2)cc1.Cc1ccc(C(C)N[C@H](C)c2ccccc2)cc1.O=C(O)c1ccccc1C(=O)O.O=C(O)c1ccccc1C(=O)O.O=S(=O)(O)c1ccccc1.O=S(=O)(O)c1ccccc1. The molecule has 0 aliphatic heterocycles. The molecule has 0 bridgehead atoms. The van der Waals surface area contributed by atoms with Crippen LogP contribution in [0.2, 0.25) is 0 Å². The third-order valence-electron chi connectivity index (χ3n) is 14.8. The van der Waals surface area contributed by atoms with Crippen molar-refractivity contribution in [2.24, 2.45) is 11.5 Å². The fraction of sp³-hybridized carbons (Fsp3) is 0.200. The Bertz CT molecular complexity index is 3940. The lowest BCUT2D eigenvalue weighted by Gasteiger charge is -2.21. The summed E-state index contributed by atoms with van der Waals surface area (Å²) in [6.45, 7) is 21.2. The van der Waals surface area contributed by atoms with Gasteiger partial charge in [-0.2, -0.15) is 16.8 Å². The molecule has 20 heteroatoms. The highest BCUT2D eigenvalue weighted by Gasteiger charge is 2.16. The summed E-state index contributed by atoms with van der Waals surface area (Å²) < 4.78 is 58.5. The molecule has 0 radical (unpaired) electrons. The van der Waals surface area contributed by atoms with E-state index < -0.39 is 44.1 Å². The van der Waals surface area contributed by atoms with Crippen molar-refractivity contribution in [3.05, 3.63) is 345 Å². The van der Waals surface area contributed by atoms with Crippen LogP contribution < -0.4 is 22.1 Å². The Morgan fingerprint density at radius 1 is 0.280 bits per heavy atom. The zero-order valence-electron chi connectivity index (χ0n) is 57.8. The average molecular weight is 1400 g/mol. The molecule has 10 aromatic rings. The van der Waals surface area contributed by atoms with Gasteiger partial charge in [0, 0.05) is 36.3 Å². The monoisotopic (exact) mass is 1400 g/mol. The molecule has 18 nitrogen and oxygen atoms in total. The zero-order chi connectivity index (χ0) is 74.5. The van der Waals surface area contributed by atoms with Crippen LogP contribution in [-0.2, 0) is 20.2 Å². The molecule has 100 heavy (non-hydrogen) atoms. The van der Waals surface area contributed by atoms with Gasteiger partial charge in [0.1, 0.15) is 0 Å². The first-order valence-electron chi connectivity index (χ1n) is 31.8. The molecule has 12 N–H and O–H groups in total.